The fourth-order valence-corrected chi connectivity index (χ4v) is 5.61. The van der Waals surface area contributed by atoms with E-state index < -0.39 is 83.1 Å². The largest absolute Gasteiger partial charge is 0.479 e. The first kappa shape index (κ1) is 24.2. The minimum absolute atomic E-state index is 0.0678. The molecule has 4 heterocycles. The summed E-state index contributed by atoms with van der Waals surface area (Å²) >= 11 is 0. The molecule has 1 aliphatic heterocycles. The Labute approximate surface area is 227 Å². The standard InChI is InChI=1S/C23H23F6N7O3S/c1-11-30-19-13(24)6-12(7-15(19)35(11)9-17(26)27)18-14(25)8-36-20(18)21(39-2)32-22(33-36)31-16-4-5-34(40(3,37)38)10-23(16,28)29/h6-8,16-17H,4-5,9-10H2,1-3H3,(H,31,33)/i2D3. The second-order valence-corrected chi connectivity index (χ2v) is 11.3. The molecular weight excluding hydrogens is 568 g/mol. The van der Waals surface area contributed by atoms with Gasteiger partial charge >= 0.3 is 0 Å². The number of sulfonamides is 1. The highest BCUT2D eigenvalue weighted by molar-refractivity contribution is 7.88. The number of nitrogens with zero attached hydrogens (tertiary/aromatic N) is 6. The molecule has 0 aliphatic carbocycles. The lowest BCUT2D eigenvalue weighted by molar-refractivity contribution is -0.0541. The number of methoxy groups -OCH3 is 1. The molecule has 1 N–H and O–H groups in total. The highest BCUT2D eigenvalue weighted by Gasteiger charge is 2.47. The Morgan fingerprint density at radius 2 is 2.00 bits per heavy atom. The SMILES string of the molecule is [2H]C([2H])([2H])Oc1nc(NC2CCN(S(C)(=O)=O)CC2(F)F)nn2cc(F)c(-c3cc(F)c4nc(C)n(CC(F)F)c4c3)c12. The third kappa shape index (κ3) is 4.91. The molecule has 17 heteroatoms. The van der Waals surface area contributed by atoms with Crippen molar-refractivity contribution < 1.29 is 43.6 Å². The van der Waals surface area contributed by atoms with Crippen molar-refractivity contribution >= 4 is 32.5 Å². The maximum atomic E-state index is 15.5. The van der Waals surface area contributed by atoms with Gasteiger partial charge in [-0.15, -0.1) is 5.10 Å². The molecule has 1 atom stereocenters. The summed E-state index contributed by atoms with van der Waals surface area (Å²) < 4.78 is 140. The molecule has 1 unspecified atom stereocenters. The summed E-state index contributed by atoms with van der Waals surface area (Å²) in [7, 11) is -7.07. The van der Waals surface area contributed by atoms with Gasteiger partial charge in [0, 0.05) is 6.54 Å². The van der Waals surface area contributed by atoms with E-state index in [0.717, 1.165) is 27.6 Å². The van der Waals surface area contributed by atoms with Gasteiger partial charge in [0.25, 0.3) is 12.3 Å². The Morgan fingerprint density at radius 1 is 1.25 bits per heavy atom. The van der Waals surface area contributed by atoms with E-state index in [-0.39, 0.29) is 35.4 Å². The number of imidazole rings is 1. The van der Waals surface area contributed by atoms with Gasteiger partial charge in [0.1, 0.15) is 16.9 Å². The van der Waals surface area contributed by atoms with E-state index >= 15 is 8.78 Å². The molecule has 0 radical (unpaired) electrons. The number of rotatable bonds is 7. The third-order valence-electron chi connectivity index (χ3n) is 6.59. The monoisotopic (exact) mass is 594 g/mol. The first-order valence-electron chi connectivity index (χ1n) is 13.2. The molecule has 5 rings (SSSR count). The van der Waals surface area contributed by atoms with Gasteiger partial charge < -0.3 is 14.6 Å². The van der Waals surface area contributed by atoms with Crippen molar-refractivity contribution in [3.63, 3.8) is 0 Å². The van der Waals surface area contributed by atoms with Gasteiger partial charge in [-0.3, -0.25) is 0 Å². The number of piperidine rings is 1. The quantitative estimate of drug-likeness (QED) is 0.326. The van der Waals surface area contributed by atoms with Crippen molar-refractivity contribution in [2.45, 2.75) is 38.3 Å². The molecule has 0 amide bonds. The van der Waals surface area contributed by atoms with E-state index in [1.54, 1.807) is 0 Å². The van der Waals surface area contributed by atoms with Crippen molar-refractivity contribution in [1.82, 2.24) is 28.5 Å². The van der Waals surface area contributed by atoms with E-state index in [4.69, 9.17) is 8.85 Å². The summed E-state index contributed by atoms with van der Waals surface area (Å²) in [6.07, 6.45) is -1.66. The normalized spacial score (nSPS) is 19.6. The molecule has 3 aromatic heterocycles. The van der Waals surface area contributed by atoms with Crippen LogP contribution in [0.3, 0.4) is 0 Å². The maximum absolute atomic E-state index is 15.5. The van der Waals surface area contributed by atoms with Crippen molar-refractivity contribution in [1.29, 1.82) is 0 Å². The van der Waals surface area contributed by atoms with Crippen molar-refractivity contribution in [2.24, 2.45) is 0 Å². The van der Waals surface area contributed by atoms with Crippen LogP contribution in [0.5, 0.6) is 5.88 Å². The number of nitrogens with one attached hydrogen (secondary N) is 1. The number of hydrogen-bond acceptors (Lipinski definition) is 7. The Morgan fingerprint density at radius 3 is 2.65 bits per heavy atom. The van der Waals surface area contributed by atoms with E-state index in [1.807, 2.05) is 0 Å². The van der Waals surface area contributed by atoms with Crippen molar-refractivity contribution in [2.75, 3.05) is 31.7 Å². The Hall–Kier alpha value is -3.60. The average molecular weight is 595 g/mol. The van der Waals surface area contributed by atoms with Crippen LogP contribution < -0.4 is 10.1 Å². The molecule has 0 spiro atoms. The Bertz CT molecular complexity index is 1830. The zero-order chi connectivity index (χ0) is 31.6. The first-order valence-corrected chi connectivity index (χ1v) is 13.5. The number of halogens is 6. The molecule has 1 fully saturated rings. The van der Waals surface area contributed by atoms with E-state index in [0.29, 0.717) is 4.31 Å². The van der Waals surface area contributed by atoms with Gasteiger partial charge in [0.05, 0.1) is 53.8 Å². The van der Waals surface area contributed by atoms with Crippen LogP contribution >= 0.6 is 0 Å². The van der Waals surface area contributed by atoms with Gasteiger partial charge in [-0.25, -0.2) is 44.3 Å². The first-order chi connectivity index (χ1) is 19.8. The molecule has 4 aromatic rings. The van der Waals surface area contributed by atoms with Gasteiger partial charge in [-0.2, -0.15) is 9.29 Å². The summed E-state index contributed by atoms with van der Waals surface area (Å²) in [5, 5.41) is 6.31. The average Bonchev–Trinajstić information content (AvgIpc) is 3.34. The predicted molar refractivity (Wildman–Crippen MR) is 132 cm³/mol. The number of hydrogen-bond donors (Lipinski definition) is 1. The lowest BCUT2D eigenvalue weighted by Crippen LogP contribution is -2.55. The number of fused-ring (bicyclic) bond motifs is 2. The van der Waals surface area contributed by atoms with Crippen LogP contribution in [0.25, 0.3) is 27.7 Å². The zero-order valence-corrected chi connectivity index (χ0v) is 21.6. The lowest BCUT2D eigenvalue weighted by atomic mass is 10.0. The molecule has 10 nitrogen and oxygen atoms in total. The Balaban J connectivity index is 1.62. The molecule has 40 heavy (non-hydrogen) atoms. The van der Waals surface area contributed by atoms with Crippen LogP contribution in [0, 0.1) is 18.6 Å². The minimum Gasteiger partial charge on any atom is -0.479 e. The van der Waals surface area contributed by atoms with Crippen molar-refractivity contribution in [3.8, 4) is 17.0 Å². The molecular formula is C23H23F6N7O3S. The van der Waals surface area contributed by atoms with E-state index in [9.17, 15) is 26.0 Å². The maximum Gasteiger partial charge on any atom is 0.281 e. The fraction of sp³-hybridized carbons (Fsp3) is 0.435. The molecule has 1 aliphatic rings. The van der Waals surface area contributed by atoms with Crippen LogP contribution in [0.1, 0.15) is 16.4 Å². The number of aromatic nitrogens is 5. The minimum atomic E-state index is -3.91. The highest BCUT2D eigenvalue weighted by atomic mass is 32.2. The summed E-state index contributed by atoms with van der Waals surface area (Å²) in [6, 6.07) is 0.348. The van der Waals surface area contributed by atoms with Gasteiger partial charge in [0.2, 0.25) is 21.9 Å². The summed E-state index contributed by atoms with van der Waals surface area (Å²) in [4.78, 5) is 7.85. The van der Waals surface area contributed by atoms with Crippen LogP contribution in [0.15, 0.2) is 18.3 Å². The van der Waals surface area contributed by atoms with Crippen molar-refractivity contribution in [3.05, 3.63) is 35.8 Å². The van der Waals surface area contributed by atoms with Gasteiger partial charge in [-0.1, -0.05) is 0 Å². The number of alkyl halides is 4. The van der Waals surface area contributed by atoms with Gasteiger partial charge in [-0.05, 0) is 31.0 Å². The predicted octanol–water partition coefficient (Wildman–Crippen LogP) is 3.69. The molecule has 1 saturated heterocycles. The van der Waals surface area contributed by atoms with E-state index in [2.05, 4.69) is 20.4 Å². The second-order valence-electron chi connectivity index (χ2n) is 9.32. The number of benzene rings is 1. The summed E-state index contributed by atoms with van der Waals surface area (Å²) in [6.45, 7) is -0.841. The fourth-order valence-electron chi connectivity index (χ4n) is 4.76. The smallest absolute Gasteiger partial charge is 0.281 e. The zero-order valence-electron chi connectivity index (χ0n) is 23.8. The molecule has 0 saturated carbocycles. The summed E-state index contributed by atoms with van der Waals surface area (Å²) in [5.41, 5.74) is -1.45. The van der Waals surface area contributed by atoms with Crippen LogP contribution in [0.2, 0.25) is 0 Å². The lowest BCUT2D eigenvalue weighted by Gasteiger charge is -2.37. The van der Waals surface area contributed by atoms with Gasteiger partial charge in [0.15, 0.2) is 11.6 Å². The molecule has 1 aromatic carbocycles. The molecule has 0 bridgehead atoms. The topological polar surface area (TPSA) is 107 Å². The number of ether oxygens (including phenoxy) is 1. The van der Waals surface area contributed by atoms with E-state index in [1.165, 1.54) is 13.0 Å². The highest BCUT2D eigenvalue weighted by Crippen LogP contribution is 2.37. The Kier molecular flexibility index (Phi) is 5.93. The number of aryl methyl sites for hydroxylation is 1. The second kappa shape index (κ2) is 9.79. The molecule has 216 valence electrons. The summed E-state index contributed by atoms with van der Waals surface area (Å²) in [5.74, 6) is -6.99. The van der Waals surface area contributed by atoms with Crippen LogP contribution in [-0.4, -0.2) is 81.6 Å². The van der Waals surface area contributed by atoms with Crippen LogP contribution in [-0.2, 0) is 16.6 Å². The third-order valence-corrected chi connectivity index (χ3v) is 7.84. The number of anilines is 1. The van der Waals surface area contributed by atoms with Crippen LogP contribution in [0.4, 0.5) is 32.3 Å².